The van der Waals surface area contributed by atoms with Crippen LogP contribution in [0, 0.1) is 0 Å². The maximum absolute atomic E-state index is 12.4. The Hall–Kier alpha value is -2.90. The number of methoxy groups -OCH3 is 1. The number of benzene rings is 2. The fraction of sp³-hybridized carbons (Fsp3) is 0.364. The molecule has 0 radical (unpaired) electrons. The quantitative estimate of drug-likeness (QED) is 0.686. The molecule has 1 aliphatic rings. The van der Waals surface area contributed by atoms with Crippen LogP contribution < -0.4 is 15.0 Å². The van der Waals surface area contributed by atoms with E-state index in [0.29, 0.717) is 17.0 Å². The highest BCUT2D eigenvalue weighted by atomic mass is 16.5. The molecule has 0 saturated carbocycles. The van der Waals surface area contributed by atoms with Gasteiger partial charge in [0.15, 0.2) is 6.10 Å². The van der Waals surface area contributed by atoms with Crippen molar-refractivity contribution in [2.75, 3.05) is 38.7 Å². The predicted octanol–water partition coefficient (Wildman–Crippen LogP) is 1.29. The summed E-state index contributed by atoms with van der Waals surface area (Å²) in [6.07, 6.45) is -0.925. The molecular weight excluding hydrogens is 372 g/mol. The summed E-state index contributed by atoms with van der Waals surface area (Å²) >= 11 is 0. The molecule has 7 heteroatoms. The maximum Gasteiger partial charge on any atom is 0.338 e. The highest BCUT2D eigenvalue weighted by Gasteiger charge is 2.20. The lowest BCUT2D eigenvalue weighted by molar-refractivity contribution is -0.921. The van der Waals surface area contributed by atoms with Gasteiger partial charge in [0.2, 0.25) is 0 Å². The van der Waals surface area contributed by atoms with Gasteiger partial charge in [0.25, 0.3) is 5.91 Å². The molecule has 2 aromatic carbocycles. The lowest BCUT2D eigenvalue weighted by atomic mass is 10.1. The molecule has 1 atom stereocenters. The number of amides is 1. The van der Waals surface area contributed by atoms with Crippen LogP contribution in [0.2, 0.25) is 0 Å². The van der Waals surface area contributed by atoms with Crippen molar-refractivity contribution in [2.45, 2.75) is 19.6 Å². The molecule has 0 bridgehead atoms. The van der Waals surface area contributed by atoms with E-state index in [2.05, 4.69) is 5.32 Å². The van der Waals surface area contributed by atoms with E-state index in [4.69, 9.17) is 14.2 Å². The van der Waals surface area contributed by atoms with Gasteiger partial charge in [-0.15, -0.1) is 0 Å². The topological polar surface area (TPSA) is 78.3 Å². The molecule has 1 aliphatic heterocycles. The lowest BCUT2D eigenvalue weighted by Gasteiger charge is -2.23. The van der Waals surface area contributed by atoms with Gasteiger partial charge < -0.3 is 24.4 Å². The summed E-state index contributed by atoms with van der Waals surface area (Å²) in [7, 11) is 1.55. The van der Waals surface area contributed by atoms with E-state index in [1.807, 2.05) is 12.1 Å². The average Bonchev–Trinajstić information content (AvgIpc) is 2.75. The number of hydrogen-bond acceptors (Lipinski definition) is 5. The van der Waals surface area contributed by atoms with Gasteiger partial charge in [0.05, 0.1) is 25.9 Å². The molecule has 3 rings (SSSR count). The second kappa shape index (κ2) is 10.0. The molecule has 2 aromatic rings. The maximum atomic E-state index is 12.4. The molecule has 1 amide bonds. The first-order chi connectivity index (χ1) is 14.0. The fourth-order valence-corrected chi connectivity index (χ4v) is 3.11. The van der Waals surface area contributed by atoms with Gasteiger partial charge in [0, 0.05) is 17.3 Å². The Kier molecular flexibility index (Phi) is 7.21. The highest BCUT2D eigenvalue weighted by Crippen LogP contribution is 2.17. The van der Waals surface area contributed by atoms with Gasteiger partial charge in [-0.1, -0.05) is 18.2 Å². The van der Waals surface area contributed by atoms with Crippen LogP contribution in [0.5, 0.6) is 5.75 Å². The van der Waals surface area contributed by atoms with E-state index >= 15 is 0 Å². The number of nitrogens with one attached hydrogen (secondary N) is 2. The number of ether oxygens (including phenoxy) is 3. The van der Waals surface area contributed by atoms with Crippen molar-refractivity contribution < 1.29 is 28.7 Å². The highest BCUT2D eigenvalue weighted by molar-refractivity contribution is 5.97. The number of rotatable bonds is 7. The Balaban J connectivity index is 1.52. The van der Waals surface area contributed by atoms with Gasteiger partial charge in [-0.2, -0.15) is 0 Å². The molecule has 0 aliphatic carbocycles. The Morgan fingerprint density at radius 3 is 2.55 bits per heavy atom. The first-order valence-corrected chi connectivity index (χ1v) is 9.71. The van der Waals surface area contributed by atoms with E-state index in [1.54, 1.807) is 50.4 Å². The number of hydrogen-bond donors (Lipinski definition) is 2. The molecule has 29 heavy (non-hydrogen) atoms. The van der Waals surface area contributed by atoms with Gasteiger partial charge in [0.1, 0.15) is 25.4 Å². The van der Waals surface area contributed by atoms with Gasteiger partial charge in [-0.05, 0) is 31.2 Å². The van der Waals surface area contributed by atoms with Gasteiger partial charge >= 0.3 is 5.97 Å². The van der Waals surface area contributed by atoms with E-state index < -0.39 is 18.0 Å². The lowest BCUT2D eigenvalue weighted by Crippen LogP contribution is -3.12. The zero-order valence-corrected chi connectivity index (χ0v) is 16.8. The van der Waals surface area contributed by atoms with Crippen LogP contribution in [0.1, 0.15) is 22.8 Å². The summed E-state index contributed by atoms with van der Waals surface area (Å²) in [6.45, 7) is 6.00. The predicted molar refractivity (Wildman–Crippen MR) is 108 cm³/mol. The Labute approximate surface area is 170 Å². The first kappa shape index (κ1) is 20.8. The smallest absolute Gasteiger partial charge is 0.338 e. The number of esters is 1. The summed E-state index contributed by atoms with van der Waals surface area (Å²) in [6, 6.07) is 14.3. The summed E-state index contributed by atoms with van der Waals surface area (Å²) in [5.74, 6) is -0.297. The number of quaternary nitrogens is 1. The summed E-state index contributed by atoms with van der Waals surface area (Å²) in [4.78, 5) is 26.1. The molecule has 154 valence electrons. The molecule has 0 spiro atoms. The first-order valence-electron chi connectivity index (χ1n) is 9.71. The number of morpholine rings is 1. The average molecular weight is 399 g/mol. The van der Waals surface area contributed by atoms with Gasteiger partial charge in [-0.3, -0.25) is 4.79 Å². The van der Waals surface area contributed by atoms with E-state index in [0.717, 1.165) is 38.4 Å². The van der Waals surface area contributed by atoms with E-state index in [-0.39, 0.29) is 0 Å². The van der Waals surface area contributed by atoms with Crippen molar-refractivity contribution >= 4 is 17.6 Å². The molecule has 1 fully saturated rings. The SMILES string of the molecule is COc1cccc(NC(=O)[C@@H](C)OC(=O)c2ccc(C[NH+]3CCOCC3)cc2)c1. The van der Waals surface area contributed by atoms with Crippen molar-refractivity contribution in [3.8, 4) is 5.75 Å². The number of carbonyl (C=O) groups excluding carboxylic acids is 2. The zero-order valence-electron chi connectivity index (χ0n) is 16.8. The second-order valence-electron chi connectivity index (χ2n) is 7.00. The Bertz CT molecular complexity index is 831. The van der Waals surface area contributed by atoms with Crippen LogP contribution in [0.3, 0.4) is 0 Å². The van der Waals surface area contributed by atoms with E-state index in [9.17, 15) is 9.59 Å². The normalized spacial score (nSPS) is 15.4. The minimum absolute atomic E-state index is 0.404. The van der Waals surface area contributed by atoms with Crippen molar-refractivity contribution in [1.29, 1.82) is 0 Å². The van der Waals surface area contributed by atoms with Crippen molar-refractivity contribution in [1.82, 2.24) is 0 Å². The van der Waals surface area contributed by atoms with Crippen molar-refractivity contribution in [2.24, 2.45) is 0 Å². The van der Waals surface area contributed by atoms with E-state index in [1.165, 1.54) is 4.90 Å². The third-order valence-electron chi connectivity index (χ3n) is 4.83. The minimum atomic E-state index is -0.925. The molecule has 0 aromatic heterocycles. The third kappa shape index (κ3) is 6.04. The molecular formula is C22H27N2O5+. The summed E-state index contributed by atoms with van der Waals surface area (Å²) < 4.78 is 15.8. The van der Waals surface area contributed by atoms with Crippen LogP contribution in [0.4, 0.5) is 5.69 Å². The standard InChI is InChI=1S/C22H26N2O5/c1-16(21(25)23-19-4-3-5-20(14-19)27-2)29-22(26)18-8-6-17(7-9-18)15-24-10-12-28-13-11-24/h3-9,14,16H,10-13,15H2,1-2H3,(H,23,25)/p+1/t16-/m1/s1. The van der Waals surface area contributed by atoms with Crippen LogP contribution in [0.15, 0.2) is 48.5 Å². The monoisotopic (exact) mass is 399 g/mol. The summed E-state index contributed by atoms with van der Waals surface area (Å²) in [5.41, 5.74) is 2.15. The fourth-order valence-electron chi connectivity index (χ4n) is 3.11. The van der Waals surface area contributed by atoms with Crippen LogP contribution in [-0.2, 0) is 20.8 Å². The van der Waals surface area contributed by atoms with Crippen molar-refractivity contribution in [3.05, 3.63) is 59.7 Å². The Morgan fingerprint density at radius 1 is 1.14 bits per heavy atom. The molecule has 7 nitrogen and oxygen atoms in total. The van der Waals surface area contributed by atoms with Crippen LogP contribution >= 0.6 is 0 Å². The molecule has 1 saturated heterocycles. The number of carbonyl (C=O) groups is 2. The minimum Gasteiger partial charge on any atom is -0.497 e. The number of anilines is 1. The van der Waals surface area contributed by atoms with Crippen LogP contribution in [-0.4, -0.2) is 51.4 Å². The summed E-state index contributed by atoms with van der Waals surface area (Å²) in [5, 5.41) is 2.72. The molecule has 1 heterocycles. The zero-order chi connectivity index (χ0) is 20.6. The molecule has 2 N–H and O–H groups in total. The Morgan fingerprint density at radius 2 is 1.86 bits per heavy atom. The van der Waals surface area contributed by atoms with Crippen molar-refractivity contribution in [3.63, 3.8) is 0 Å². The molecule has 0 unspecified atom stereocenters. The van der Waals surface area contributed by atoms with Crippen LogP contribution in [0.25, 0.3) is 0 Å². The second-order valence-corrected chi connectivity index (χ2v) is 7.00. The largest absolute Gasteiger partial charge is 0.497 e. The van der Waals surface area contributed by atoms with Gasteiger partial charge in [-0.25, -0.2) is 4.79 Å². The third-order valence-corrected chi connectivity index (χ3v) is 4.83.